The number of amides is 2. The number of rotatable bonds is 4. The zero-order valence-electron chi connectivity index (χ0n) is 16.4. The van der Waals surface area contributed by atoms with Gasteiger partial charge in [0.25, 0.3) is 11.8 Å². The maximum absolute atomic E-state index is 14.0. The average Bonchev–Trinajstić information content (AvgIpc) is 3.42. The van der Waals surface area contributed by atoms with Crippen molar-refractivity contribution in [3.63, 3.8) is 0 Å². The topological polar surface area (TPSA) is 112 Å². The molecule has 1 aliphatic carbocycles. The van der Waals surface area contributed by atoms with Gasteiger partial charge in [-0.05, 0) is 12.5 Å². The molecule has 1 spiro atoms. The maximum Gasteiger partial charge on any atom is 0.274 e. The third-order valence-corrected chi connectivity index (χ3v) is 6.15. The van der Waals surface area contributed by atoms with E-state index in [1.807, 2.05) is 0 Å². The molecule has 3 N–H and O–H groups in total. The number of aliphatic hydroxyl groups excluding tert-OH is 1. The Hall–Kier alpha value is -2.62. The van der Waals surface area contributed by atoms with Crippen LogP contribution in [0.1, 0.15) is 32.8 Å². The molecule has 1 saturated carbocycles. The fourth-order valence-corrected chi connectivity index (χ4v) is 4.30. The van der Waals surface area contributed by atoms with Gasteiger partial charge in [-0.15, -0.1) is 12.4 Å². The first kappa shape index (κ1) is 23.1. The van der Waals surface area contributed by atoms with Crippen molar-refractivity contribution in [3.8, 4) is 5.75 Å². The van der Waals surface area contributed by atoms with Gasteiger partial charge in [0.05, 0.1) is 10.6 Å². The molecule has 0 bridgehead atoms. The molecule has 2 heterocycles. The molecule has 2 atom stereocenters. The number of hydrogen-bond acceptors (Lipinski definition) is 5. The molecule has 0 unspecified atom stereocenters. The first-order valence-electron chi connectivity index (χ1n) is 9.27. The number of fused-ring (bicyclic) bond motifs is 2. The predicted octanol–water partition coefficient (Wildman–Crippen LogP) is 1.49. The normalized spacial score (nSPS) is 21.5. The quantitative estimate of drug-likeness (QED) is 0.625. The number of likely N-dealkylation sites (N-methyl/N-ethyl adjacent to an activating group) is 1. The highest BCUT2D eigenvalue weighted by Gasteiger charge is 2.59. The number of hydrogen-bond donors (Lipinski definition) is 3. The highest BCUT2D eigenvalue weighted by molar-refractivity contribution is 6.30. The number of nitrogens with zero attached hydrogens (tertiary/aromatic N) is 2. The molecule has 2 aromatic rings. The van der Waals surface area contributed by atoms with Gasteiger partial charge >= 0.3 is 0 Å². The van der Waals surface area contributed by atoms with Crippen molar-refractivity contribution in [2.24, 2.45) is 5.92 Å². The second-order valence-electron chi connectivity index (χ2n) is 7.68. The van der Waals surface area contributed by atoms with Gasteiger partial charge in [-0.2, -0.15) is 0 Å². The number of aliphatic hydroxyl groups is 1. The van der Waals surface area contributed by atoms with E-state index in [1.54, 1.807) is 7.05 Å². The van der Waals surface area contributed by atoms with Gasteiger partial charge in [-0.3, -0.25) is 14.4 Å². The third kappa shape index (κ3) is 3.56. The van der Waals surface area contributed by atoms with E-state index in [9.17, 15) is 29.0 Å². The van der Waals surface area contributed by atoms with E-state index in [1.165, 1.54) is 33.9 Å². The van der Waals surface area contributed by atoms with Crippen LogP contribution >= 0.6 is 24.0 Å². The highest BCUT2D eigenvalue weighted by Crippen LogP contribution is 2.53. The van der Waals surface area contributed by atoms with Crippen molar-refractivity contribution in [2.75, 3.05) is 20.2 Å². The van der Waals surface area contributed by atoms with Gasteiger partial charge < -0.3 is 25.0 Å². The standard InChI is InChI=1S/C20H19ClFN3O5.ClH/c1-24-9-20(5-11(20)8-26)25-7-12(16(27)17(28)15(25)19(24)30)18(29)23-6-10-3-2-4-13(21)14(10)22;/h2-4,7,11,26,28H,5-6,8-9H2,1H3,(H,23,29);1H/t11-,20-;/m1./s1. The van der Waals surface area contributed by atoms with E-state index in [2.05, 4.69) is 5.32 Å². The number of carbonyl (C=O) groups excluding carboxylic acids is 2. The highest BCUT2D eigenvalue weighted by atomic mass is 35.5. The Bertz CT molecular complexity index is 1140. The van der Waals surface area contributed by atoms with Crippen molar-refractivity contribution >= 4 is 35.8 Å². The minimum absolute atomic E-state index is 0. The van der Waals surface area contributed by atoms with E-state index < -0.39 is 34.3 Å². The Balaban J connectivity index is 0.00000272. The Morgan fingerprint density at radius 2 is 2.10 bits per heavy atom. The molecule has 11 heteroatoms. The third-order valence-electron chi connectivity index (χ3n) is 5.86. The van der Waals surface area contributed by atoms with E-state index in [-0.39, 0.29) is 59.9 Å². The molecule has 2 amide bonds. The minimum Gasteiger partial charge on any atom is -0.503 e. The summed E-state index contributed by atoms with van der Waals surface area (Å²) >= 11 is 5.73. The molecule has 1 aliphatic heterocycles. The molecule has 4 rings (SSSR count). The van der Waals surface area contributed by atoms with Gasteiger partial charge in [-0.25, -0.2) is 4.39 Å². The van der Waals surface area contributed by atoms with Gasteiger partial charge in [0.1, 0.15) is 11.4 Å². The number of pyridine rings is 1. The maximum atomic E-state index is 14.0. The largest absolute Gasteiger partial charge is 0.503 e. The van der Waals surface area contributed by atoms with Crippen LogP contribution in [0.4, 0.5) is 4.39 Å². The van der Waals surface area contributed by atoms with Crippen LogP contribution in [-0.2, 0) is 12.1 Å². The summed E-state index contributed by atoms with van der Waals surface area (Å²) in [6.07, 6.45) is 1.77. The number of aromatic hydroxyl groups is 1. The Labute approximate surface area is 187 Å². The number of halogens is 3. The van der Waals surface area contributed by atoms with E-state index in [0.717, 1.165) is 0 Å². The van der Waals surface area contributed by atoms with E-state index >= 15 is 0 Å². The van der Waals surface area contributed by atoms with Crippen LogP contribution in [-0.4, -0.2) is 51.7 Å². The van der Waals surface area contributed by atoms with Crippen molar-refractivity contribution < 1.29 is 24.2 Å². The first-order valence-corrected chi connectivity index (χ1v) is 9.65. The van der Waals surface area contributed by atoms with E-state index in [4.69, 9.17) is 11.6 Å². The van der Waals surface area contributed by atoms with Crippen LogP contribution in [0.3, 0.4) is 0 Å². The molecule has 0 radical (unpaired) electrons. The summed E-state index contributed by atoms with van der Waals surface area (Å²) in [5, 5.41) is 22.4. The monoisotopic (exact) mass is 471 g/mol. The summed E-state index contributed by atoms with van der Waals surface area (Å²) in [4.78, 5) is 39.2. The Morgan fingerprint density at radius 3 is 2.74 bits per heavy atom. The summed E-state index contributed by atoms with van der Waals surface area (Å²) in [6.45, 7) is -0.0790. The molecule has 31 heavy (non-hydrogen) atoms. The predicted molar refractivity (Wildman–Crippen MR) is 112 cm³/mol. The smallest absolute Gasteiger partial charge is 0.274 e. The lowest BCUT2D eigenvalue weighted by atomic mass is 10.0. The number of carbonyl (C=O) groups is 2. The lowest BCUT2D eigenvalue weighted by molar-refractivity contribution is 0.0672. The fourth-order valence-electron chi connectivity index (χ4n) is 4.10. The van der Waals surface area contributed by atoms with Crippen LogP contribution in [0.2, 0.25) is 5.02 Å². The minimum atomic E-state index is -0.995. The van der Waals surface area contributed by atoms with Gasteiger partial charge in [0, 0.05) is 44.4 Å². The zero-order valence-corrected chi connectivity index (χ0v) is 18.0. The average molecular weight is 472 g/mol. The number of benzene rings is 1. The SMILES string of the molecule is CN1C[C@@]2(C[C@@H]2CO)n2cc(C(=O)NCc3cccc(Cl)c3F)c(=O)c(O)c2C1=O.Cl. The van der Waals surface area contributed by atoms with Crippen LogP contribution in [0.5, 0.6) is 5.75 Å². The van der Waals surface area contributed by atoms with E-state index in [0.29, 0.717) is 6.42 Å². The van der Waals surface area contributed by atoms with Crippen molar-refractivity contribution in [3.05, 3.63) is 62.3 Å². The van der Waals surface area contributed by atoms with Crippen molar-refractivity contribution in [1.29, 1.82) is 0 Å². The Morgan fingerprint density at radius 1 is 1.39 bits per heavy atom. The zero-order chi connectivity index (χ0) is 21.8. The van der Waals surface area contributed by atoms with Crippen molar-refractivity contribution in [2.45, 2.75) is 18.5 Å². The molecule has 2 aliphatic rings. The summed E-state index contributed by atoms with van der Waals surface area (Å²) in [5.41, 5.74) is -2.13. The molecular formula is C20H20Cl2FN3O5. The molecular weight excluding hydrogens is 452 g/mol. The second-order valence-corrected chi connectivity index (χ2v) is 8.09. The number of nitrogens with one attached hydrogen (secondary N) is 1. The van der Waals surface area contributed by atoms with Gasteiger partial charge in [0.2, 0.25) is 5.43 Å². The Kier molecular flexibility index (Phi) is 6.05. The van der Waals surface area contributed by atoms with Gasteiger partial charge in [-0.1, -0.05) is 23.7 Å². The first-order chi connectivity index (χ1) is 14.2. The summed E-state index contributed by atoms with van der Waals surface area (Å²) in [5.74, 6) is -3.05. The molecule has 1 aromatic carbocycles. The molecule has 166 valence electrons. The molecule has 0 saturated heterocycles. The molecule has 8 nitrogen and oxygen atoms in total. The summed E-state index contributed by atoms with van der Waals surface area (Å²) in [6, 6.07) is 4.34. The molecule has 1 aromatic heterocycles. The van der Waals surface area contributed by atoms with Crippen LogP contribution in [0, 0.1) is 11.7 Å². The molecule has 1 fully saturated rings. The van der Waals surface area contributed by atoms with Gasteiger partial charge in [0.15, 0.2) is 11.4 Å². The summed E-state index contributed by atoms with van der Waals surface area (Å²) in [7, 11) is 1.55. The van der Waals surface area contributed by atoms with Crippen LogP contribution < -0.4 is 10.7 Å². The second kappa shape index (κ2) is 8.14. The van der Waals surface area contributed by atoms with Crippen LogP contribution in [0.15, 0.2) is 29.2 Å². The van der Waals surface area contributed by atoms with Crippen LogP contribution in [0.25, 0.3) is 0 Å². The fraction of sp³-hybridized carbons (Fsp3) is 0.350. The number of aromatic nitrogens is 1. The van der Waals surface area contributed by atoms with Crippen molar-refractivity contribution in [1.82, 2.24) is 14.8 Å². The summed E-state index contributed by atoms with van der Waals surface area (Å²) < 4.78 is 15.5. The lowest BCUT2D eigenvalue weighted by Gasteiger charge is -2.35. The lowest BCUT2D eigenvalue weighted by Crippen LogP contribution is -2.48.